The summed E-state index contributed by atoms with van der Waals surface area (Å²) in [5, 5.41) is 4.23. The second-order valence-corrected chi connectivity index (χ2v) is 9.19. The Hall–Kier alpha value is -2.91. The van der Waals surface area contributed by atoms with Gasteiger partial charge in [-0.3, -0.25) is 14.4 Å². The molecule has 0 saturated carbocycles. The molecule has 0 unspecified atom stereocenters. The molecule has 9 heteroatoms. The minimum absolute atomic E-state index is 0.105. The van der Waals surface area contributed by atoms with E-state index in [1.807, 2.05) is 26.0 Å². The molecule has 30 heavy (non-hydrogen) atoms. The molecule has 0 spiro atoms. The number of carbonyl (C=O) groups is 1. The summed E-state index contributed by atoms with van der Waals surface area (Å²) < 4.78 is 0. The molecule has 3 N–H and O–H groups in total. The highest BCUT2D eigenvalue weighted by Crippen LogP contribution is 2.26. The van der Waals surface area contributed by atoms with Crippen molar-refractivity contribution in [1.82, 2.24) is 20.3 Å². The number of benzene rings is 1. The fourth-order valence-electron chi connectivity index (χ4n) is 3.26. The van der Waals surface area contributed by atoms with E-state index >= 15 is 0 Å². The first-order valence-corrected chi connectivity index (χ1v) is 11.4. The summed E-state index contributed by atoms with van der Waals surface area (Å²) in [6, 6.07) is 8.53. The summed E-state index contributed by atoms with van der Waals surface area (Å²) >= 11 is 3.10. The van der Waals surface area contributed by atoms with Gasteiger partial charge in [-0.1, -0.05) is 18.2 Å². The number of hydrogen-bond acceptors (Lipinski definition) is 6. The van der Waals surface area contributed by atoms with Crippen LogP contribution in [0.3, 0.4) is 0 Å². The van der Waals surface area contributed by atoms with E-state index in [-0.39, 0.29) is 17.0 Å². The fourth-order valence-corrected chi connectivity index (χ4v) is 5.03. The van der Waals surface area contributed by atoms with Crippen LogP contribution in [-0.2, 0) is 5.75 Å². The van der Waals surface area contributed by atoms with Crippen molar-refractivity contribution >= 4 is 50.1 Å². The van der Waals surface area contributed by atoms with E-state index in [2.05, 4.69) is 20.3 Å². The average molecular weight is 441 g/mol. The first kappa shape index (κ1) is 20.4. The Morgan fingerprint density at radius 3 is 2.83 bits per heavy atom. The predicted molar refractivity (Wildman–Crippen MR) is 123 cm³/mol. The molecule has 4 rings (SSSR count). The Bertz CT molecular complexity index is 1370. The van der Waals surface area contributed by atoms with Crippen LogP contribution in [0.2, 0.25) is 0 Å². The van der Waals surface area contributed by atoms with Crippen LogP contribution >= 0.6 is 23.1 Å². The number of rotatable bonds is 6. The van der Waals surface area contributed by atoms with Crippen molar-refractivity contribution in [2.75, 3.05) is 12.3 Å². The quantitative estimate of drug-likeness (QED) is 0.399. The minimum atomic E-state index is -0.308. The number of fused-ring (bicyclic) bond motifs is 2. The monoisotopic (exact) mass is 440 g/mol. The van der Waals surface area contributed by atoms with E-state index in [0.717, 1.165) is 15.3 Å². The number of hydrogen-bond donors (Lipinski definition) is 3. The van der Waals surface area contributed by atoms with Crippen LogP contribution in [0.4, 0.5) is 0 Å². The van der Waals surface area contributed by atoms with Gasteiger partial charge in [0.1, 0.15) is 10.7 Å². The van der Waals surface area contributed by atoms with Gasteiger partial charge in [0.2, 0.25) is 5.56 Å². The van der Waals surface area contributed by atoms with E-state index in [1.54, 1.807) is 23.9 Å². The highest BCUT2D eigenvalue weighted by molar-refractivity contribution is 7.98. The largest absolute Gasteiger partial charge is 0.351 e. The Labute approximate surface area is 179 Å². The molecule has 1 amide bonds. The van der Waals surface area contributed by atoms with Crippen molar-refractivity contribution in [3.63, 3.8) is 0 Å². The molecule has 0 atom stereocenters. The highest BCUT2D eigenvalue weighted by Gasteiger charge is 2.13. The van der Waals surface area contributed by atoms with Crippen LogP contribution in [0.1, 0.15) is 26.6 Å². The molecule has 0 radical (unpaired) electrons. The minimum Gasteiger partial charge on any atom is -0.351 e. The zero-order valence-corrected chi connectivity index (χ0v) is 18.1. The van der Waals surface area contributed by atoms with Crippen LogP contribution in [0.15, 0.2) is 39.9 Å². The van der Waals surface area contributed by atoms with Crippen molar-refractivity contribution in [3.8, 4) is 0 Å². The third-order valence-electron chi connectivity index (χ3n) is 4.85. The van der Waals surface area contributed by atoms with E-state index in [4.69, 9.17) is 0 Å². The molecule has 0 aliphatic rings. The maximum absolute atomic E-state index is 12.5. The van der Waals surface area contributed by atoms with E-state index in [1.165, 1.54) is 17.4 Å². The molecular formula is C21H20N4O3S2. The molecule has 0 bridgehead atoms. The number of nitrogens with zero attached hydrogens (tertiary/aromatic N) is 1. The van der Waals surface area contributed by atoms with E-state index in [0.29, 0.717) is 45.7 Å². The second-order valence-electron chi connectivity index (χ2n) is 6.88. The van der Waals surface area contributed by atoms with E-state index in [9.17, 15) is 14.4 Å². The third kappa shape index (κ3) is 4.03. The van der Waals surface area contributed by atoms with Crippen molar-refractivity contribution in [3.05, 3.63) is 72.9 Å². The maximum Gasteiger partial charge on any atom is 0.259 e. The Balaban J connectivity index is 1.36. The molecule has 3 aromatic heterocycles. The van der Waals surface area contributed by atoms with Gasteiger partial charge in [-0.15, -0.1) is 11.3 Å². The van der Waals surface area contributed by atoms with Crippen molar-refractivity contribution < 1.29 is 4.79 Å². The Kier molecular flexibility index (Phi) is 5.74. The number of carbonyl (C=O) groups excluding carboxylic acids is 1. The number of nitrogens with one attached hydrogen (secondary N) is 3. The number of thioether (sulfide) groups is 1. The fraction of sp³-hybridized carbons (Fsp3) is 0.238. The molecule has 0 aliphatic carbocycles. The summed E-state index contributed by atoms with van der Waals surface area (Å²) in [7, 11) is 0. The lowest BCUT2D eigenvalue weighted by molar-refractivity contribution is 0.0957. The summed E-state index contributed by atoms with van der Waals surface area (Å²) in [5.41, 5.74) is 1.57. The van der Waals surface area contributed by atoms with Gasteiger partial charge in [-0.05, 0) is 25.5 Å². The standard InChI is InChI=1S/C21H20N4O3S2/c1-11-12(2)30-21-18(11)20(28)24-16(25-21)10-29-8-7-22-19(27)14-9-17(26)23-15-6-4-3-5-13(14)15/h3-6,9H,7-8,10H2,1-2H3,(H,22,27)(H,23,26)(H,24,25,28). The van der Waals surface area contributed by atoms with Gasteiger partial charge in [-0.25, -0.2) is 4.98 Å². The number of aryl methyl sites for hydroxylation is 2. The molecule has 154 valence electrons. The van der Waals surface area contributed by atoms with Gasteiger partial charge in [0, 0.05) is 34.1 Å². The number of H-pyrrole nitrogens is 2. The Morgan fingerprint density at radius 2 is 2.00 bits per heavy atom. The number of pyridine rings is 1. The smallest absolute Gasteiger partial charge is 0.259 e. The van der Waals surface area contributed by atoms with Crippen LogP contribution in [0.25, 0.3) is 21.1 Å². The molecule has 0 aliphatic heterocycles. The van der Waals surface area contributed by atoms with Crippen LogP contribution in [-0.4, -0.2) is 33.2 Å². The van der Waals surface area contributed by atoms with E-state index < -0.39 is 0 Å². The predicted octanol–water partition coefficient (Wildman–Crippen LogP) is 3.11. The van der Waals surface area contributed by atoms with Crippen LogP contribution in [0.5, 0.6) is 0 Å². The normalized spacial score (nSPS) is 11.3. The first-order chi connectivity index (χ1) is 14.4. The second kappa shape index (κ2) is 8.45. The average Bonchev–Trinajstić information content (AvgIpc) is 3.00. The van der Waals surface area contributed by atoms with Crippen LogP contribution in [0, 0.1) is 13.8 Å². The van der Waals surface area contributed by atoms with Crippen molar-refractivity contribution in [1.29, 1.82) is 0 Å². The highest BCUT2D eigenvalue weighted by atomic mass is 32.2. The van der Waals surface area contributed by atoms with Gasteiger partial charge in [0.15, 0.2) is 0 Å². The lowest BCUT2D eigenvalue weighted by Crippen LogP contribution is -2.27. The molecule has 0 saturated heterocycles. The SMILES string of the molecule is Cc1sc2nc(CSCCNC(=O)c3cc(=O)[nH]c4ccccc34)[nH]c(=O)c2c1C. The lowest BCUT2D eigenvalue weighted by atomic mass is 10.1. The number of amides is 1. The van der Waals surface area contributed by atoms with Gasteiger partial charge in [0.25, 0.3) is 11.5 Å². The summed E-state index contributed by atoms with van der Waals surface area (Å²) in [6.07, 6.45) is 0. The van der Waals surface area contributed by atoms with Gasteiger partial charge >= 0.3 is 0 Å². The van der Waals surface area contributed by atoms with Gasteiger partial charge in [-0.2, -0.15) is 11.8 Å². The molecule has 3 heterocycles. The zero-order valence-electron chi connectivity index (χ0n) is 16.5. The topological polar surface area (TPSA) is 108 Å². The van der Waals surface area contributed by atoms with Crippen molar-refractivity contribution in [2.45, 2.75) is 19.6 Å². The van der Waals surface area contributed by atoms with Crippen LogP contribution < -0.4 is 16.4 Å². The number of thiophene rings is 1. The third-order valence-corrected chi connectivity index (χ3v) is 6.93. The number of aromatic nitrogens is 3. The summed E-state index contributed by atoms with van der Waals surface area (Å²) in [6.45, 7) is 4.36. The zero-order chi connectivity index (χ0) is 21.3. The lowest BCUT2D eigenvalue weighted by Gasteiger charge is -2.08. The molecular weight excluding hydrogens is 420 g/mol. The van der Waals surface area contributed by atoms with Gasteiger partial charge in [0.05, 0.1) is 16.7 Å². The molecule has 7 nitrogen and oxygen atoms in total. The molecule has 4 aromatic rings. The first-order valence-electron chi connectivity index (χ1n) is 9.41. The molecule has 0 fully saturated rings. The summed E-state index contributed by atoms with van der Waals surface area (Å²) in [4.78, 5) is 48.7. The molecule has 1 aromatic carbocycles. The van der Waals surface area contributed by atoms with Gasteiger partial charge < -0.3 is 15.3 Å². The number of para-hydroxylation sites is 1. The maximum atomic E-state index is 12.5. The summed E-state index contributed by atoms with van der Waals surface area (Å²) in [5.74, 6) is 1.54. The van der Waals surface area contributed by atoms with Crippen molar-refractivity contribution in [2.24, 2.45) is 0 Å². The number of aromatic amines is 2. The Morgan fingerprint density at radius 1 is 1.20 bits per heavy atom.